The second kappa shape index (κ2) is 7.89. The maximum absolute atomic E-state index is 12.5. The molecule has 1 fully saturated rings. The lowest BCUT2D eigenvalue weighted by molar-refractivity contribution is 0.0303. The Bertz CT molecular complexity index is 804. The molecule has 1 N–H and O–H groups in total. The summed E-state index contributed by atoms with van der Waals surface area (Å²) >= 11 is 6.24. The fraction of sp³-hybridized carbons (Fsp3) is 0.300. The van der Waals surface area contributed by atoms with Crippen molar-refractivity contribution in [2.75, 3.05) is 31.6 Å². The molecule has 2 amide bonds. The van der Waals surface area contributed by atoms with Gasteiger partial charge < -0.3 is 15.0 Å². The van der Waals surface area contributed by atoms with Crippen LogP contribution >= 0.6 is 11.6 Å². The molecule has 0 spiro atoms. The Kier molecular flexibility index (Phi) is 5.59. The van der Waals surface area contributed by atoms with Crippen molar-refractivity contribution in [2.45, 2.75) is 13.8 Å². The molecule has 1 heterocycles. The van der Waals surface area contributed by atoms with Gasteiger partial charge in [-0.15, -0.1) is 0 Å². The average molecular weight is 373 g/mol. The van der Waals surface area contributed by atoms with Gasteiger partial charge in [0.1, 0.15) is 0 Å². The molecule has 0 saturated carbocycles. The minimum atomic E-state index is -0.260. The van der Waals surface area contributed by atoms with Crippen molar-refractivity contribution < 1.29 is 14.3 Å². The number of nitrogens with zero attached hydrogens (tertiary/aromatic N) is 1. The summed E-state index contributed by atoms with van der Waals surface area (Å²) < 4.78 is 5.26. The summed E-state index contributed by atoms with van der Waals surface area (Å²) in [4.78, 5) is 26.7. The van der Waals surface area contributed by atoms with E-state index >= 15 is 0 Å². The molecule has 6 heteroatoms. The highest BCUT2D eigenvalue weighted by atomic mass is 35.5. The zero-order chi connectivity index (χ0) is 18.7. The van der Waals surface area contributed by atoms with Crippen LogP contribution in [-0.2, 0) is 4.74 Å². The third-order valence-corrected chi connectivity index (χ3v) is 4.66. The maximum atomic E-state index is 12.5. The van der Waals surface area contributed by atoms with Gasteiger partial charge in [0.25, 0.3) is 11.8 Å². The molecule has 0 aliphatic carbocycles. The van der Waals surface area contributed by atoms with Gasteiger partial charge in [0.05, 0.1) is 23.9 Å². The Balaban J connectivity index is 1.72. The molecule has 136 valence electrons. The minimum Gasteiger partial charge on any atom is -0.378 e. The van der Waals surface area contributed by atoms with E-state index in [4.69, 9.17) is 16.3 Å². The summed E-state index contributed by atoms with van der Waals surface area (Å²) in [5.74, 6) is -0.304. The number of morpholine rings is 1. The van der Waals surface area contributed by atoms with Crippen molar-refractivity contribution in [3.63, 3.8) is 0 Å². The van der Waals surface area contributed by atoms with E-state index in [0.29, 0.717) is 48.1 Å². The van der Waals surface area contributed by atoms with E-state index in [-0.39, 0.29) is 11.8 Å². The van der Waals surface area contributed by atoms with Gasteiger partial charge in [0.15, 0.2) is 0 Å². The normalized spacial score (nSPS) is 14.2. The molecular weight excluding hydrogens is 352 g/mol. The Labute approximate surface area is 157 Å². The van der Waals surface area contributed by atoms with Gasteiger partial charge in [-0.1, -0.05) is 17.7 Å². The highest BCUT2D eigenvalue weighted by Gasteiger charge is 2.19. The molecule has 1 saturated heterocycles. The molecule has 1 aliphatic rings. The Morgan fingerprint density at radius 1 is 1.04 bits per heavy atom. The average Bonchev–Trinajstić information content (AvgIpc) is 2.64. The smallest absolute Gasteiger partial charge is 0.255 e. The summed E-state index contributed by atoms with van der Waals surface area (Å²) in [7, 11) is 0. The van der Waals surface area contributed by atoms with Gasteiger partial charge in [0, 0.05) is 24.2 Å². The number of nitrogens with one attached hydrogen (secondary N) is 1. The van der Waals surface area contributed by atoms with Crippen LogP contribution < -0.4 is 5.32 Å². The van der Waals surface area contributed by atoms with Gasteiger partial charge in [0.2, 0.25) is 0 Å². The number of carbonyl (C=O) groups is 2. The van der Waals surface area contributed by atoms with Gasteiger partial charge in [-0.3, -0.25) is 9.59 Å². The summed E-state index contributed by atoms with van der Waals surface area (Å²) in [5.41, 5.74) is 3.59. The lowest BCUT2D eigenvalue weighted by Gasteiger charge is -2.26. The molecule has 5 nitrogen and oxygen atoms in total. The van der Waals surface area contributed by atoms with E-state index in [2.05, 4.69) is 5.32 Å². The monoisotopic (exact) mass is 372 g/mol. The Hall–Kier alpha value is -2.37. The first kappa shape index (κ1) is 18.4. The fourth-order valence-electron chi connectivity index (χ4n) is 2.97. The van der Waals surface area contributed by atoms with Crippen molar-refractivity contribution in [3.05, 3.63) is 63.7 Å². The second-order valence-electron chi connectivity index (χ2n) is 6.37. The number of anilines is 1. The van der Waals surface area contributed by atoms with Gasteiger partial charge in [-0.05, 0) is 55.3 Å². The summed E-state index contributed by atoms with van der Waals surface area (Å²) in [6, 6.07) is 10.4. The molecule has 0 unspecified atom stereocenters. The van der Waals surface area contributed by atoms with Crippen LogP contribution in [0.1, 0.15) is 31.8 Å². The minimum absolute atomic E-state index is 0.0438. The van der Waals surface area contributed by atoms with Crippen molar-refractivity contribution in [2.24, 2.45) is 0 Å². The van der Waals surface area contributed by atoms with Crippen LogP contribution in [0, 0.1) is 13.8 Å². The number of amides is 2. The SMILES string of the molecule is Cc1cc(C)c(NC(=O)c2ccc(C(=O)N3CCOCC3)cc2)c(Cl)c1. The summed E-state index contributed by atoms with van der Waals surface area (Å²) in [6.45, 7) is 6.15. The van der Waals surface area contributed by atoms with Gasteiger partial charge >= 0.3 is 0 Å². The van der Waals surface area contributed by atoms with E-state index in [1.807, 2.05) is 26.0 Å². The molecular formula is C20H21ClN2O3. The highest BCUT2D eigenvalue weighted by molar-refractivity contribution is 6.34. The van der Waals surface area contributed by atoms with Gasteiger partial charge in [-0.25, -0.2) is 0 Å². The Morgan fingerprint density at radius 2 is 1.65 bits per heavy atom. The van der Waals surface area contributed by atoms with Crippen LogP contribution in [0.3, 0.4) is 0 Å². The number of benzene rings is 2. The molecule has 0 bridgehead atoms. The summed E-state index contributed by atoms with van der Waals surface area (Å²) in [5, 5.41) is 3.36. The fourth-order valence-corrected chi connectivity index (χ4v) is 3.34. The zero-order valence-electron chi connectivity index (χ0n) is 14.8. The first-order valence-corrected chi connectivity index (χ1v) is 8.88. The lowest BCUT2D eigenvalue weighted by Crippen LogP contribution is -2.40. The topological polar surface area (TPSA) is 58.6 Å². The van der Waals surface area contributed by atoms with Crippen molar-refractivity contribution in [3.8, 4) is 0 Å². The number of halogens is 1. The number of hydrogen-bond donors (Lipinski definition) is 1. The number of carbonyl (C=O) groups excluding carboxylic acids is 2. The number of aryl methyl sites for hydroxylation is 2. The van der Waals surface area contributed by atoms with E-state index < -0.39 is 0 Å². The molecule has 3 rings (SSSR count). The molecule has 2 aromatic carbocycles. The van der Waals surface area contributed by atoms with Crippen molar-refractivity contribution >= 4 is 29.1 Å². The quantitative estimate of drug-likeness (QED) is 0.894. The van der Waals surface area contributed by atoms with E-state index in [9.17, 15) is 9.59 Å². The van der Waals surface area contributed by atoms with Crippen LogP contribution in [0.4, 0.5) is 5.69 Å². The molecule has 26 heavy (non-hydrogen) atoms. The first-order chi connectivity index (χ1) is 12.5. The first-order valence-electron chi connectivity index (χ1n) is 8.51. The lowest BCUT2D eigenvalue weighted by atomic mass is 10.1. The predicted molar refractivity (Wildman–Crippen MR) is 102 cm³/mol. The van der Waals surface area contributed by atoms with E-state index in [1.165, 1.54) is 0 Å². The number of hydrogen-bond acceptors (Lipinski definition) is 3. The van der Waals surface area contributed by atoms with E-state index in [0.717, 1.165) is 11.1 Å². The van der Waals surface area contributed by atoms with Gasteiger partial charge in [-0.2, -0.15) is 0 Å². The predicted octanol–water partition coefficient (Wildman–Crippen LogP) is 3.68. The highest BCUT2D eigenvalue weighted by Crippen LogP contribution is 2.27. The van der Waals surface area contributed by atoms with Crippen LogP contribution in [0.2, 0.25) is 5.02 Å². The summed E-state index contributed by atoms with van der Waals surface area (Å²) in [6.07, 6.45) is 0. The van der Waals surface area contributed by atoms with Crippen LogP contribution in [-0.4, -0.2) is 43.0 Å². The molecule has 2 aromatic rings. The third kappa shape index (κ3) is 4.06. The standard InChI is InChI=1S/C20H21ClN2O3/c1-13-11-14(2)18(17(21)12-13)22-19(24)15-3-5-16(6-4-15)20(25)23-7-9-26-10-8-23/h3-6,11-12H,7-10H2,1-2H3,(H,22,24). The Morgan fingerprint density at radius 3 is 2.27 bits per heavy atom. The molecule has 0 aromatic heterocycles. The zero-order valence-corrected chi connectivity index (χ0v) is 15.6. The van der Waals surface area contributed by atoms with Crippen LogP contribution in [0.5, 0.6) is 0 Å². The van der Waals surface area contributed by atoms with Crippen molar-refractivity contribution in [1.82, 2.24) is 4.90 Å². The molecule has 1 aliphatic heterocycles. The largest absolute Gasteiger partial charge is 0.378 e. The number of rotatable bonds is 3. The van der Waals surface area contributed by atoms with E-state index in [1.54, 1.807) is 29.2 Å². The number of ether oxygens (including phenoxy) is 1. The third-order valence-electron chi connectivity index (χ3n) is 4.36. The van der Waals surface area contributed by atoms with Crippen molar-refractivity contribution in [1.29, 1.82) is 0 Å². The molecule has 0 radical (unpaired) electrons. The molecule has 0 atom stereocenters. The maximum Gasteiger partial charge on any atom is 0.255 e. The second-order valence-corrected chi connectivity index (χ2v) is 6.78. The van der Waals surface area contributed by atoms with Crippen LogP contribution in [0.15, 0.2) is 36.4 Å². The van der Waals surface area contributed by atoms with Crippen LogP contribution in [0.25, 0.3) is 0 Å².